The lowest BCUT2D eigenvalue weighted by atomic mass is 10.2. The van der Waals surface area contributed by atoms with Crippen LogP contribution in [0.3, 0.4) is 0 Å². The minimum atomic E-state index is -0.961. The molecular weight excluding hydrogens is 222 g/mol. The van der Waals surface area contributed by atoms with Gasteiger partial charge in [0.25, 0.3) is 0 Å². The van der Waals surface area contributed by atoms with Crippen LogP contribution in [-0.2, 0) is 6.42 Å². The first-order valence-corrected chi connectivity index (χ1v) is 4.32. The van der Waals surface area contributed by atoms with E-state index >= 15 is 0 Å². The minimum absolute atomic E-state index is 0.201. The molecule has 0 aliphatic rings. The fourth-order valence-corrected chi connectivity index (χ4v) is 1.36. The normalized spacial score (nSPS) is 9.83. The van der Waals surface area contributed by atoms with E-state index in [1.54, 1.807) is 6.07 Å². The zero-order chi connectivity index (χ0) is 9.14. The predicted octanol–water partition coefficient (Wildman–Crippen LogP) is 2.10. The zero-order valence-corrected chi connectivity index (χ0v) is 8.13. The summed E-state index contributed by atoms with van der Waals surface area (Å²) in [5.74, 6) is -0.961. The van der Waals surface area contributed by atoms with Crippen molar-refractivity contribution >= 4 is 21.9 Å². The van der Waals surface area contributed by atoms with Gasteiger partial charge in [0.05, 0.1) is 5.56 Å². The summed E-state index contributed by atoms with van der Waals surface area (Å²) in [5.41, 5.74) is 1.08. The van der Waals surface area contributed by atoms with E-state index in [2.05, 4.69) is 20.9 Å². The van der Waals surface area contributed by atoms with Crippen molar-refractivity contribution < 1.29 is 9.90 Å². The molecule has 0 amide bonds. The van der Waals surface area contributed by atoms with E-state index in [9.17, 15) is 4.79 Å². The number of carboxylic acid groups (broad SMARTS) is 1. The fourth-order valence-electron chi connectivity index (χ4n) is 0.821. The van der Waals surface area contributed by atoms with Crippen molar-refractivity contribution in [2.75, 3.05) is 0 Å². The van der Waals surface area contributed by atoms with E-state index in [-0.39, 0.29) is 5.56 Å². The van der Waals surface area contributed by atoms with Crippen LogP contribution in [0.15, 0.2) is 16.7 Å². The molecule has 0 aliphatic carbocycles. The molecule has 12 heavy (non-hydrogen) atoms. The van der Waals surface area contributed by atoms with Gasteiger partial charge in [-0.1, -0.05) is 6.92 Å². The first-order valence-electron chi connectivity index (χ1n) is 3.53. The highest BCUT2D eigenvalue weighted by atomic mass is 79.9. The summed E-state index contributed by atoms with van der Waals surface area (Å²) in [4.78, 5) is 14.5. The molecule has 3 nitrogen and oxygen atoms in total. The summed E-state index contributed by atoms with van der Waals surface area (Å²) in [7, 11) is 0. The van der Waals surface area contributed by atoms with Crippen LogP contribution >= 0.6 is 15.9 Å². The first kappa shape index (κ1) is 9.19. The van der Waals surface area contributed by atoms with E-state index in [4.69, 9.17) is 5.11 Å². The monoisotopic (exact) mass is 229 g/mol. The Morgan fingerprint density at radius 2 is 2.42 bits per heavy atom. The Balaban J connectivity index is 3.12. The molecular formula is C8H8BrNO2. The van der Waals surface area contributed by atoms with Crippen LogP contribution < -0.4 is 0 Å². The van der Waals surface area contributed by atoms with Gasteiger partial charge in [0.15, 0.2) is 0 Å². The zero-order valence-electron chi connectivity index (χ0n) is 6.54. The number of aromatic carboxylic acids is 1. The number of carboxylic acids is 1. The van der Waals surface area contributed by atoms with Gasteiger partial charge in [0.2, 0.25) is 0 Å². The van der Waals surface area contributed by atoms with Crippen molar-refractivity contribution in [3.05, 3.63) is 28.0 Å². The maximum atomic E-state index is 10.6. The fraction of sp³-hybridized carbons (Fsp3) is 0.250. The smallest absolute Gasteiger partial charge is 0.338 e. The topological polar surface area (TPSA) is 50.2 Å². The molecule has 1 aromatic heterocycles. The molecule has 1 aromatic rings. The van der Waals surface area contributed by atoms with Crippen molar-refractivity contribution in [3.63, 3.8) is 0 Å². The van der Waals surface area contributed by atoms with Crippen molar-refractivity contribution in [2.24, 2.45) is 0 Å². The number of aromatic nitrogens is 1. The second-order valence-corrected chi connectivity index (χ2v) is 3.17. The molecule has 4 heteroatoms. The summed E-state index contributed by atoms with van der Waals surface area (Å²) in [6.07, 6.45) is 2.17. The lowest BCUT2D eigenvalue weighted by molar-refractivity contribution is 0.0695. The number of pyridine rings is 1. The number of aryl methyl sites for hydroxylation is 1. The highest BCUT2D eigenvalue weighted by Gasteiger charge is 2.08. The Morgan fingerprint density at radius 3 is 2.83 bits per heavy atom. The molecule has 0 unspecified atom stereocenters. The second kappa shape index (κ2) is 3.67. The minimum Gasteiger partial charge on any atom is -0.478 e. The molecule has 0 spiro atoms. The molecule has 0 saturated heterocycles. The molecule has 0 atom stereocenters. The lowest BCUT2D eigenvalue weighted by Gasteiger charge is -1.99. The van der Waals surface area contributed by atoms with E-state index in [0.717, 1.165) is 12.1 Å². The molecule has 0 radical (unpaired) electrons. The lowest BCUT2D eigenvalue weighted by Crippen LogP contribution is -2.00. The Morgan fingerprint density at radius 1 is 1.75 bits per heavy atom. The van der Waals surface area contributed by atoms with Gasteiger partial charge in [-0.15, -0.1) is 0 Å². The van der Waals surface area contributed by atoms with Crippen LogP contribution in [0.1, 0.15) is 23.0 Å². The standard InChI is InChI=1S/C8H8BrNO2/c1-2-5-3-7(9)6(4-10-5)8(11)12/h3-4H,2H2,1H3,(H,11,12). The van der Waals surface area contributed by atoms with Gasteiger partial charge in [-0.2, -0.15) is 0 Å². The van der Waals surface area contributed by atoms with Gasteiger partial charge in [0.1, 0.15) is 0 Å². The number of halogens is 1. The molecule has 0 aliphatic heterocycles. The molecule has 64 valence electrons. The molecule has 0 bridgehead atoms. The van der Waals surface area contributed by atoms with Gasteiger partial charge in [0, 0.05) is 16.4 Å². The number of hydrogen-bond acceptors (Lipinski definition) is 2. The van der Waals surface area contributed by atoms with E-state index in [1.165, 1.54) is 6.20 Å². The van der Waals surface area contributed by atoms with Gasteiger partial charge < -0.3 is 5.11 Å². The molecule has 1 heterocycles. The molecule has 0 fully saturated rings. The number of hydrogen-bond donors (Lipinski definition) is 1. The number of nitrogens with zero attached hydrogens (tertiary/aromatic N) is 1. The SMILES string of the molecule is CCc1cc(Br)c(C(=O)O)cn1. The molecule has 0 aromatic carbocycles. The summed E-state index contributed by atoms with van der Waals surface area (Å²) in [6, 6.07) is 1.73. The third-order valence-electron chi connectivity index (χ3n) is 1.50. The average Bonchev–Trinajstić information content (AvgIpc) is 2.03. The number of carbonyl (C=O) groups is 1. The van der Waals surface area contributed by atoms with Crippen molar-refractivity contribution in [2.45, 2.75) is 13.3 Å². The van der Waals surface area contributed by atoms with E-state index in [1.807, 2.05) is 6.92 Å². The molecule has 0 saturated carbocycles. The average molecular weight is 230 g/mol. The summed E-state index contributed by atoms with van der Waals surface area (Å²) >= 11 is 3.17. The summed E-state index contributed by atoms with van der Waals surface area (Å²) < 4.78 is 0.585. The maximum Gasteiger partial charge on any atom is 0.338 e. The predicted molar refractivity (Wildman–Crippen MR) is 48.3 cm³/mol. The quantitative estimate of drug-likeness (QED) is 0.846. The Bertz CT molecular complexity index is 312. The van der Waals surface area contributed by atoms with Crippen LogP contribution in [0.25, 0.3) is 0 Å². The van der Waals surface area contributed by atoms with Gasteiger partial charge in [-0.25, -0.2) is 4.79 Å². The summed E-state index contributed by atoms with van der Waals surface area (Å²) in [6.45, 7) is 1.97. The number of rotatable bonds is 2. The van der Waals surface area contributed by atoms with Crippen molar-refractivity contribution in [1.82, 2.24) is 4.98 Å². The van der Waals surface area contributed by atoms with Crippen LogP contribution in [0.5, 0.6) is 0 Å². The van der Waals surface area contributed by atoms with Crippen LogP contribution in [0.4, 0.5) is 0 Å². The highest BCUT2D eigenvalue weighted by Crippen LogP contribution is 2.16. The van der Waals surface area contributed by atoms with E-state index < -0.39 is 5.97 Å². The summed E-state index contributed by atoms with van der Waals surface area (Å²) in [5, 5.41) is 8.66. The van der Waals surface area contributed by atoms with Crippen molar-refractivity contribution in [3.8, 4) is 0 Å². The van der Waals surface area contributed by atoms with E-state index in [0.29, 0.717) is 4.47 Å². The van der Waals surface area contributed by atoms with Crippen molar-refractivity contribution in [1.29, 1.82) is 0 Å². The first-order chi connectivity index (χ1) is 5.65. The third-order valence-corrected chi connectivity index (χ3v) is 2.16. The van der Waals surface area contributed by atoms with Gasteiger partial charge in [-0.05, 0) is 28.4 Å². The molecule has 1 rings (SSSR count). The van der Waals surface area contributed by atoms with Crippen LogP contribution in [0, 0.1) is 0 Å². The van der Waals surface area contributed by atoms with Gasteiger partial charge in [-0.3, -0.25) is 4.98 Å². The van der Waals surface area contributed by atoms with Gasteiger partial charge >= 0.3 is 5.97 Å². The Hall–Kier alpha value is -0.900. The second-order valence-electron chi connectivity index (χ2n) is 2.31. The third kappa shape index (κ3) is 1.82. The maximum absolute atomic E-state index is 10.6. The highest BCUT2D eigenvalue weighted by molar-refractivity contribution is 9.10. The molecule has 1 N–H and O–H groups in total. The van der Waals surface area contributed by atoms with Crippen LogP contribution in [-0.4, -0.2) is 16.1 Å². The Kier molecular flexibility index (Phi) is 2.81. The Labute approximate surface area is 78.6 Å². The van der Waals surface area contributed by atoms with Crippen LogP contribution in [0.2, 0.25) is 0 Å². The largest absolute Gasteiger partial charge is 0.478 e.